The molecule has 19 heavy (non-hydrogen) atoms. The number of benzene rings is 1. The molecule has 2 rings (SSSR count). The van der Waals surface area contributed by atoms with E-state index >= 15 is 0 Å². The van der Waals surface area contributed by atoms with Crippen molar-refractivity contribution in [2.75, 3.05) is 7.11 Å². The molecule has 0 unspecified atom stereocenters. The van der Waals surface area contributed by atoms with Crippen molar-refractivity contribution in [3.8, 4) is 5.75 Å². The van der Waals surface area contributed by atoms with Crippen molar-refractivity contribution in [3.63, 3.8) is 0 Å². The molecule has 0 bridgehead atoms. The highest BCUT2D eigenvalue weighted by molar-refractivity contribution is 5.32. The van der Waals surface area contributed by atoms with Crippen molar-refractivity contribution in [2.45, 2.75) is 51.2 Å². The fourth-order valence-electron chi connectivity index (χ4n) is 2.75. The SMILES string of the molecule is C/C=C/[C@@H](c1ccc(OC)cc1)[C@@H]1CCC(C)(C)O1. The minimum absolute atomic E-state index is 0.0109. The molecule has 2 atom stereocenters. The molecule has 104 valence electrons. The average molecular weight is 260 g/mol. The van der Waals surface area contributed by atoms with E-state index in [1.165, 1.54) is 5.56 Å². The quantitative estimate of drug-likeness (QED) is 0.751. The van der Waals surface area contributed by atoms with E-state index in [1.54, 1.807) is 7.11 Å². The Balaban J connectivity index is 2.20. The van der Waals surface area contributed by atoms with E-state index in [0.717, 1.165) is 18.6 Å². The summed E-state index contributed by atoms with van der Waals surface area (Å²) in [6, 6.07) is 8.31. The third-order valence-corrected chi connectivity index (χ3v) is 3.80. The first-order valence-electron chi connectivity index (χ1n) is 7.00. The molecule has 1 saturated heterocycles. The van der Waals surface area contributed by atoms with Gasteiger partial charge >= 0.3 is 0 Å². The number of hydrogen-bond acceptors (Lipinski definition) is 2. The zero-order valence-corrected chi connectivity index (χ0v) is 12.3. The maximum atomic E-state index is 6.19. The first-order valence-corrected chi connectivity index (χ1v) is 7.00. The van der Waals surface area contributed by atoms with Gasteiger partial charge in [-0.3, -0.25) is 0 Å². The predicted octanol–water partition coefficient (Wildman–Crippen LogP) is 4.31. The van der Waals surface area contributed by atoms with Crippen LogP contribution in [0.3, 0.4) is 0 Å². The van der Waals surface area contributed by atoms with Crippen molar-refractivity contribution < 1.29 is 9.47 Å². The van der Waals surface area contributed by atoms with Gasteiger partial charge in [0.05, 0.1) is 18.8 Å². The van der Waals surface area contributed by atoms with Crippen LogP contribution in [-0.2, 0) is 4.74 Å². The fourth-order valence-corrected chi connectivity index (χ4v) is 2.75. The van der Waals surface area contributed by atoms with E-state index in [4.69, 9.17) is 9.47 Å². The van der Waals surface area contributed by atoms with Gasteiger partial charge in [0.2, 0.25) is 0 Å². The van der Waals surface area contributed by atoms with Crippen LogP contribution < -0.4 is 4.74 Å². The Kier molecular flexibility index (Phi) is 4.31. The van der Waals surface area contributed by atoms with Gasteiger partial charge < -0.3 is 9.47 Å². The average Bonchev–Trinajstić information content (AvgIpc) is 2.76. The highest BCUT2D eigenvalue weighted by atomic mass is 16.5. The van der Waals surface area contributed by atoms with Gasteiger partial charge in [-0.1, -0.05) is 24.3 Å². The highest BCUT2D eigenvalue weighted by Gasteiger charge is 2.35. The second-order valence-corrected chi connectivity index (χ2v) is 5.78. The molecule has 0 saturated carbocycles. The van der Waals surface area contributed by atoms with Crippen LogP contribution in [0.15, 0.2) is 36.4 Å². The number of hydrogen-bond donors (Lipinski definition) is 0. The van der Waals surface area contributed by atoms with Crippen LogP contribution in [0.1, 0.15) is 45.1 Å². The Bertz CT molecular complexity index is 431. The summed E-state index contributed by atoms with van der Waals surface area (Å²) in [5.74, 6) is 1.23. The summed E-state index contributed by atoms with van der Waals surface area (Å²) in [6.07, 6.45) is 6.88. The lowest BCUT2D eigenvalue weighted by atomic mass is 9.91. The Morgan fingerprint density at radius 1 is 1.32 bits per heavy atom. The van der Waals surface area contributed by atoms with Crippen LogP contribution in [-0.4, -0.2) is 18.8 Å². The summed E-state index contributed by atoms with van der Waals surface area (Å²) >= 11 is 0. The Labute approximate surface area is 116 Å². The van der Waals surface area contributed by atoms with E-state index in [0.29, 0.717) is 5.92 Å². The third-order valence-electron chi connectivity index (χ3n) is 3.80. The Hall–Kier alpha value is -1.28. The second-order valence-electron chi connectivity index (χ2n) is 5.78. The van der Waals surface area contributed by atoms with Crippen LogP contribution in [0.4, 0.5) is 0 Å². The molecule has 2 heteroatoms. The summed E-state index contributed by atoms with van der Waals surface area (Å²) in [7, 11) is 1.70. The molecule has 1 fully saturated rings. The van der Waals surface area contributed by atoms with E-state index in [1.807, 2.05) is 12.1 Å². The summed E-state index contributed by atoms with van der Waals surface area (Å²) in [4.78, 5) is 0. The molecule has 1 aliphatic rings. The molecule has 0 radical (unpaired) electrons. The number of ether oxygens (including phenoxy) is 2. The topological polar surface area (TPSA) is 18.5 Å². The van der Waals surface area contributed by atoms with Gasteiger partial charge in [0.15, 0.2) is 0 Å². The maximum absolute atomic E-state index is 6.19. The number of methoxy groups -OCH3 is 1. The summed E-state index contributed by atoms with van der Waals surface area (Å²) in [6.45, 7) is 6.41. The minimum Gasteiger partial charge on any atom is -0.497 e. The third kappa shape index (κ3) is 3.38. The molecule has 0 spiro atoms. The van der Waals surface area contributed by atoms with Crippen molar-refractivity contribution in [1.82, 2.24) is 0 Å². The zero-order valence-electron chi connectivity index (χ0n) is 12.3. The van der Waals surface area contributed by atoms with Gasteiger partial charge in [0.25, 0.3) is 0 Å². The normalized spacial score (nSPS) is 23.7. The number of rotatable bonds is 4. The molecule has 1 heterocycles. The van der Waals surface area contributed by atoms with Gasteiger partial charge in [0.1, 0.15) is 5.75 Å². The molecule has 1 aromatic rings. The molecule has 1 aliphatic heterocycles. The van der Waals surface area contributed by atoms with Crippen LogP contribution in [0.5, 0.6) is 5.75 Å². The van der Waals surface area contributed by atoms with Gasteiger partial charge in [-0.05, 0) is 51.3 Å². The first kappa shape index (κ1) is 14.1. The molecule has 0 aromatic heterocycles. The van der Waals surface area contributed by atoms with Crippen molar-refractivity contribution >= 4 is 0 Å². The van der Waals surface area contributed by atoms with Crippen LogP contribution in [0.25, 0.3) is 0 Å². The monoisotopic (exact) mass is 260 g/mol. The molecular formula is C17H24O2. The fraction of sp³-hybridized carbons (Fsp3) is 0.529. The van der Waals surface area contributed by atoms with Crippen LogP contribution in [0.2, 0.25) is 0 Å². The number of allylic oxidation sites excluding steroid dienone is 1. The van der Waals surface area contributed by atoms with E-state index < -0.39 is 0 Å². The minimum atomic E-state index is 0.0109. The lowest BCUT2D eigenvalue weighted by Gasteiger charge is -2.24. The largest absolute Gasteiger partial charge is 0.497 e. The second kappa shape index (κ2) is 5.79. The lowest BCUT2D eigenvalue weighted by molar-refractivity contribution is -0.0206. The lowest BCUT2D eigenvalue weighted by Crippen LogP contribution is -2.23. The van der Waals surface area contributed by atoms with Crippen molar-refractivity contribution in [3.05, 3.63) is 42.0 Å². The van der Waals surface area contributed by atoms with Gasteiger partial charge in [-0.15, -0.1) is 0 Å². The summed E-state index contributed by atoms with van der Waals surface area (Å²) < 4.78 is 11.4. The first-order chi connectivity index (χ1) is 9.05. The highest BCUT2D eigenvalue weighted by Crippen LogP contribution is 2.38. The maximum Gasteiger partial charge on any atom is 0.118 e. The Morgan fingerprint density at radius 3 is 2.47 bits per heavy atom. The zero-order chi connectivity index (χ0) is 13.9. The van der Waals surface area contributed by atoms with Crippen molar-refractivity contribution in [2.24, 2.45) is 0 Å². The summed E-state index contributed by atoms with van der Waals surface area (Å²) in [5.41, 5.74) is 1.30. The summed E-state index contributed by atoms with van der Waals surface area (Å²) in [5, 5.41) is 0. The van der Waals surface area contributed by atoms with Crippen molar-refractivity contribution in [1.29, 1.82) is 0 Å². The Morgan fingerprint density at radius 2 is 2.00 bits per heavy atom. The molecular weight excluding hydrogens is 236 g/mol. The van der Waals surface area contributed by atoms with E-state index in [-0.39, 0.29) is 11.7 Å². The van der Waals surface area contributed by atoms with Gasteiger partial charge in [0, 0.05) is 5.92 Å². The van der Waals surface area contributed by atoms with E-state index in [2.05, 4.69) is 45.1 Å². The molecule has 0 aliphatic carbocycles. The van der Waals surface area contributed by atoms with Gasteiger partial charge in [-0.2, -0.15) is 0 Å². The van der Waals surface area contributed by atoms with E-state index in [9.17, 15) is 0 Å². The molecule has 0 N–H and O–H groups in total. The van der Waals surface area contributed by atoms with Crippen LogP contribution >= 0.6 is 0 Å². The van der Waals surface area contributed by atoms with Crippen LogP contribution in [0, 0.1) is 0 Å². The molecule has 1 aromatic carbocycles. The molecule has 2 nitrogen and oxygen atoms in total. The van der Waals surface area contributed by atoms with Gasteiger partial charge in [-0.25, -0.2) is 0 Å². The standard InChI is InChI=1S/C17H24O2/c1-5-6-15(16-11-12-17(2,3)19-16)13-7-9-14(18-4)10-8-13/h5-10,15-16H,11-12H2,1-4H3/b6-5+/t15-,16-/m0/s1. The molecule has 0 amide bonds. The predicted molar refractivity (Wildman–Crippen MR) is 78.7 cm³/mol. The smallest absolute Gasteiger partial charge is 0.118 e.